The third-order valence-corrected chi connectivity index (χ3v) is 4.13. The Bertz CT molecular complexity index is 660. The third kappa shape index (κ3) is 3.02. The summed E-state index contributed by atoms with van der Waals surface area (Å²) in [6.45, 7) is 0.489. The molecule has 118 valence electrons. The molecule has 1 aliphatic rings. The van der Waals surface area contributed by atoms with E-state index in [9.17, 15) is 18.3 Å². The van der Waals surface area contributed by atoms with Gasteiger partial charge in [-0.05, 0) is 12.1 Å². The van der Waals surface area contributed by atoms with Crippen molar-refractivity contribution in [1.82, 2.24) is 4.98 Å². The minimum Gasteiger partial charge on any atom is -0.484 e. The van der Waals surface area contributed by atoms with Gasteiger partial charge in [-0.1, -0.05) is 12.1 Å². The molecule has 0 saturated carbocycles. The Morgan fingerprint density at radius 1 is 1.36 bits per heavy atom. The molecule has 4 nitrogen and oxygen atoms in total. The standard InChI is InChI=1S/C14H13F3N2O2S/c15-14(16,17)12-8-22-13(18-12)6-19-5-9(7-20)21-11-4-2-1-3-10(11)19/h1-4,8-9,20H,5-7H2/t9-/m0/s1. The van der Waals surface area contributed by atoms with Crippen molar-refractivity contribution in [2.45, 2.75) is 18.8 Å². The number of nitrogens with zero attached hydrogens (tertiary/aromatic N) is 2. The second-order valence-electron chi connectivity index (χ2n) is 4.89. The molecule has 0 fully saturated rings. The maximum atomic E-state index is 12.6. The first-order chi connectivity index (χ1) is 10.5. The molecule has 0 spiro atoms. The molecule has 0 saturated heterocycles. The van der Waals surface area contributed by atoms with Crippen LogP contribution in [-0.2, 0) is 12.7 Å². The van der Waals surface area contributed by atoms with Gasteiger partial charge in [0.15, 0.2) is 5.69 Å². The third-order valence-electron chi connectivity index (χ3n) is 3.30. The van der Waals surface area contributed by atoms with Crippen LogP contribution in [0.15, 0.2) is 29.6 Å². The highest BCUT2D eigenvalue weighted by Crippen LogP contribution is 2.35. The summed E-state index contributed by atoms with van der Waals surface area (Å²) in [6, 6.07) is 7.24. The van der Waals surface area contributed by atoms with Crippen LogP contribution in [0.2, 0.25) is 0 Å². The fraction of sp³-hybridized carbons (Fsp3) is 0.357. The number of anilines is 1. The van der Waals surface area contributed by atoms with E-state index in [0.717, 1.165) is 22.4 Å². The second-order valence-corrected chi connectivity index (χ2v) is 5.84. The summed E-state index contributed by atoms with van der Waals surface area (Å²) in [4.78, 5) is 5.52. The number of aliphatic hydroxyl groups excluding tert-OH is 1. The molecule has 0 radical (unpaired) electrons. The van der Waals surface area contributed by atoms with Gasteiger partial charge in [0.1, 0.15) is 16.9 Å². The van der Waals surface area contributed by atoms with Crippen molar-refractivity contribution < 1.29 is 23.0 Å². The van der Waals surface area contributed by atoms with Crippen LogP contribution in [0.25, 0.3) is 0 Å². The normalized spacial score (nSPS) is 18.0. The first-order valence-electron chi connectivity index (χ1n) is 6.60. The van der Waals surface area contributed by atoms with Gasteiger partial charge in [0.25, 0.3) is 0 Å². The van der Waals surface area contributed by atoms with Crippen molar-refractivity contribution in [2.24, 2.45) is 0 Å². The highest BCUT2D eigenvalue weighted by Gasteiger charge is 2.34. The predicted molar refractivity (Wildman–Crippen MR) is 76.1 cm³/mol. The van der Waals surface area contributed by atoms with E-state index in [1.807, 2.05) is 23.1 Å². The highest BCUT2D eigenvalue weighted by molar-refractivity contribution is 7.09. The zero-order valence-electron chi connectivity index (χ0n) is 11.4. The Balaban J connectivity index is 1.84. The average molecular weight is 330 g/mol. The number of aromatic nitrogens is 1. The Labute approximate surface area is 128 Å². The van der Waals surface area contributed by atoms with Crippen molar-refractivity contribution in [3.63, 3.8) is 0 Å². The fourth-order valence-electron chi connectivity index (χ4n) is 2.30. The number of para-hydroxylation sites is 2. The zero-order valence-corrected chi connectivity index (χ0v) is 12.2. The number of rotatable bonds is 3. The number of halogens is 3. The minimum absolute atomic E-state index is 0.156. The molecule has 0 unspecified atom stereocenters. The summed E-state index contributed by atoms with van der Waals surface area (Å²) in [5.41, 5.74) is -0.0799. The van der Waals surface area contributed by atoms with Gasteiger partial charge in [-0.2, -0.15) is 13.2 Å². The maximum Gasteiger partial charge on any atom is 0.434 e. The molecule has 22 heavy (non-hydrogen) atoms. The van der Waals surface area contributed by atoms with E-state index in [1.54, 1.807) is 6.07 Å². The van der Waals surface area contributed by atoms with Crippen LogP contribution in [0, 0.1) is 0 Å². The molecule has 2 aromatic rings. The van der Waals surface area contributed by atoms with Crippen LogP contribution in [0.4, 0.5) is 18.9 Å². The molecule has 1 aromatic heterocycles. The lowest BCUT2D eigenvalue weighted by molar-refractivity contribution is -0.140. The lowest BCUT2D eigenvalue weighted by Gasteiger charge is -2.35. The van der Waals surface area contributed by atoms with Gasteiger partial charge in [-0.15, -0.1) is 11.3 Å². The SMILES string of the molecule is OC[C@@H]1CN(Cc2nc(C(F)(F)F)cs2)c2ccccc2O1. The van der Waals surface area contributed by atoms with Crippen LogP contribution < -0.4 is 9.64 Å². The van der Waals surface area contributed by atoms with Crippen LogP contribution >= 0.6 is 11.3 Å². The van der Waals surface area contributed by atoms with Crippen LogP contribution in [-0.4, -0.2) is 29.3 Å². The van der Waals surface area contributed by atoms with Gasteiger partial charge < -0.3 is 14.7 Å². The van der Waals surface area contributed by atoms with Crippen molar-refractivity contribution in [3.05, 3.63) is 40.3 Å². The molecule has 1 N–H and O–H groups in total. The predicted octanol–water partition coefficient (Wildman–Crippen LogP) is 2.92. The van der Waals surface area contributed by atoms with Gasteiger partial charge in [-0.25, -0.2) is 4.98 Å². The Morgan fingerprint density at radius 2 is 2.14 bits per heavy atom. The lowest BCUT2D eigenvalue weighted by atomic mass is 10.2. The summed E-state index contributed by atoms with van der Waals surface area (Å²) >= 11 is 0.977. The molecular formula is C14H13F3N2O2S. The van der Waals surface area contributed by atoms with E-state index in [1.165, 1.54) is 0 Å². The fourth-order valence-corrected chi connectivity index (χ4v) is 3.12. The zero-order chi connectivity index (χ0) is 15.7. The van der Waals surface area contributed by atoms with Gasteiger partial charge in [0.05, 0.1) is 25.4 Å². The number of fused-ring (bicyclic) bond motifs is 1. The quantitative estimate of drug-likeness (QED) is 0.940. The summed E-state index contributed by atoms with van der Waals surface area (Å²) in [6.07, 6.45) is -4.83. The van der Waals surface area contributed by atoms with Crippen molar-refractivity contribution >= 4 is 17.0 Å². The largest absolute Gasteiger partial charge is 0.484 e. The minimum atomic E-state index is -4.43. The van der Waals surface area contributed by atoms with E-state index in [4.69, 9.17) is 4.74 Å². The monoisotopic (exact) mass is 330 g/mol. The first kappa shape index (κ1) is 15.1. The van der Waals surface area contributed by atoms with E-state index in [0.29, 0.717) is 17.3 Å². The molecule has 0 amide bonds. The summed E-state index contributed by atoms with van der Waals surface area (Å²) in [5.74, 6) is 0.611. The van der Waals surface area contributed by atoms with Crippen LogP contribution in [0.5, 0.6) is 5.75 Å². The van der Waals surface area contributed by atoms with Crippen molar-refractivity contribution in [3.8, 4) is 5.75 Å². The van der Waals surface area contributed by atoms with Gasteiger partial charge in [-0.3, -0.25) is 0 Å². The van der Waals surface area contributed by atoms with Crippen LogP contribution in [0.3, 0.4) is 0 Å². The molecule has 0 aliphatic carbocycles. The van der Waals surface area contributed by atoms with Gasteiger partial charge in [0, 0.05) is 5.38 Å². The molecule has 1 aromatic carbocycles. The molecule has 1 aliphatic heterocycles. The molecule has 1 atom stereocenters. The number of alkyl halides is 3. The molecule has 3 rings (SSSR count). The van der Waals surface area contributed by atoms with Gasteiger partial charge >= 0.3 is 6.18 Å². The smallest absolute Gasteiger partial charge is 0.434 e. The number of ether oxygens (including phenoxy) is 1. The summed E-state index contributed by atoms with van der Waals surface area (Å²) in [7, 11) is 0. The van der Waals surface area contributed by atoms with E-state index >= 15 is 0 Å². The number of hydrogen-bond acceptors (Lipinski definition) is 5. The van der Waals surface area contributed by atoms with Crippen LogP contribution in [0.1, 0.15) is 10.7 Å². The van der Waals surface area contributed by atoms with Gasteiger partial charge in [0.2, 0.25) is 0 Å². The number of thiazole rings is 1. The highest BCUT2D eigenvalue weighted by atomic mass is 32.1. The molecule has 0 bridgehead atoms. The Morgan fingerprint density at radius 3 is 2.82 bits per heavy atom. The molecule has 2 heterocycles. The van der Waals surface area contributed by atoms with E-state index < -0.39 is 18.0 Å². The average Bonchev–Trinajstić information content (AvgIpc) is 2.96. The maximum absolute atomic E-state index is 12.6. The Kier molecular flexibility index (Phi) is 3.96. The van der Waals surface area contributed by atoms with Crippen molar-refractivity contribution in [2.75, 3.05) is 18.1 Å². The van der Waals surface area contributed by atoms with E-state index in [2.05, 4.69) is 4.98 Å². The van der Waals surface area contributed by atoms with Crippen molar-refractivity contribution in [1.29, 1.82) is 0 Å². The number of hydrogen-bond donors (Lipinski definition) is 1. The number of aliphatic hydroxyl groups is 1. The summed E-state index contributed by atoms with van der Waals surface area (Å²) in [5, 5.41) is 10.7. The first-order valence-corrected chi connectivity index (χ1v) is 7.48. The topological polar surface area (TPSA) is 45.6 Å². The summed E-state index contributed by atoms with van der Waals surface area (Å²) < 4.78 is 43.5. The Hall–Kier alpha value is -1.80. The lowest BCUT2D eigenvalue weighted by Crippen LogP contribution is -2.41. The molecule has 8 heteroatoms. The second kappa shape index (κ2) is 5.77. The van der Waals surface area contributed by atoms with E-state index in [-0.39, 0.29) is 13.2 Å². The molecular weight excluding hydrogens is 317 g/mol. The number of benzene rings is 1.